The molecule has 2 aromatic rings. The maximum atomic E-state index is 5.55. The standard InChI is InChI=1S/C17H21NO/c1-18-11-5-10-17(12-19-13-17)16-9-4-7-14-6-2-3-8-15(14)16/h2-4,6-9,18H,5,10-13H2,1H3. The second kappa shape index (κ2) is 5.32. The zero-order valence-electron chi connectivity index (χ0n) is 11.5. The van der Waals surface area contributed by atoms with Crippen LogP contribution < -0.4 is 5.32 Å². The summed E-state index contributed by atoms with van der Waals surface area (Å²) in [7, 11) is 2.02. The van der Waals surface area contributed by atoms with Crippen molar-refractivity contribution in [1.29, 1.82) is 0 Å². The van der Waals surface area contributed by atoms with Gasteiger partial charge in [-0.1, -0.05) is 42.5 Å². The zero-order chi connectivity index (χ0) is 13.1. The lowest BCUT2D eigenvalue weighted by Crippen LogP contribution is -2.47. The Morgan fingerprint density at radius 2 is 1.89 bits per heavy atom. The van der Waals surface area contributed by atoms with Crippen LogP contribution in [0.25, 0.3) is 10.8 Å². The van der Waals surface area contributed by atoms with Crippen LogP contribution in [0.2, 0.25) is 0 Å². The van der Waals surface area contributed by atoms with Gasteiger partial charge < -0.3 is 10.1 Å². The van der Waals surface area contributed by atoms with E-state index in [1.807, 2.05) is 7.05 Å². The van der Waals surface area contributed by atoms with Crippen LogP contribution in [0.5, 0.6) is 0 Å². The largest absolute Gasteiger partial charge is 0.379 e. The lowest BCUT2D eigenvalue weighted by Gasteiger charge is -2.43. The molecule has 0 bridgehead atoms. The van der Waals surface area contributed by atoms with E-state index in [0.717, 1.165) is 19.8 Å². The highest BCUT2D eigenvalue weighted by molar-refractivity contribution is 5.86. The molecule has 0 radical (unpaired) electrons. The van der Waals surface area contributed by atoms with Crippen LogP contribution in [-0.4, -0.2) is 26.8 Å². The van der Waals surface area contributed by atoms with Gasteiger partial charge in [-0.25, -0.2) is 0 Å². The van der Waals surface area contributed by atoms with Crippen LogP contribution in [0.4, 0.5) is 0 Å². The van der Waals surface area contributed by atoms with Crippen LogP contribution in [0.3, 0.4) is 0 Å². The molecule has 0 unspecified atom stereocenters. The van der Waals surface area contributed by atoms with E-state index in [2.05, 4.69) is 47.8 Å². The summed E-state index contributed by atoms with van der Waals surface area (Å²) in [6, 6.07) is 15.3. The molecule has 19 heavy (non-hydrogen) atoms. The summed E-state index contributed by atoms with van der Waals surface area (Å²) in [5, 5.41) is 5.96. The fourth-order valence-corrected chi connectivity index (χ4v) is 3.07. The summed E-state index contributed by atoms with van der Waals surface area (Å²) in [5.74, 6) is 0. The minimum Gasteiger partial charge on any atom is -0.379 e. The Balaban J connectivity index is 1.97. The van der Waals surface area contributed by atoms with E-state index >= 15 is 0 Å². The van der Waals surface area contributed by atoms with Gasteiger partial charge in [0.25, 0.3) is 0 Å². The molecule has 0 spiro atoms. The predicted molar refractivity (Wildman–Crippen MR) is 79.6 cm³/mol. The summed E-state index contributed by atoms with van der Waals surface area (Å²) in [6.07, 6.45) is 2.39. The molecule has 0 aromatic heterocycles. The van der Waals surface area contributed by atoms with Crippen LogP contribution in [-0.2, 0) is 10.2 Å². The van der Waals surface area contributed by atoms with E-state index in [0.29, 0.717) is 0 Å². The summed E-state index contributed by atoms with van der Waals surface area (Å²) < 4.78 is 5.55. The molecule has 2 nitrogen and oxygen atoms in total. The van der Waals surface area contributed by atoms with Gasteiger partial charge in [0.1, 0.15) is 0 Å². The molecular weight excluding hydrogens is 234 g/mol. The van der Waals surface area contributed by atoms with Gasteiger partial charge in [0.05, 0.1) is 13.2 Å². The Bertz CT molecular complexity index is 555. The van der Waals surface area contributed by atoms with Crippen molar-refractivity contribution in [2.45, 2.75) is 18.3 Å². The predicted octanol–water partition coefficient (Wildman–Crippen LogP) is 3.11. The van der Waals surface area contributed by atoms with E-state index in [4.69, 9.17) is 4.74 Å². The highest BCUT2D eigenvalue weighted by Gasteiger charge is 2.40. The number of nitrogens with one attached hydrogen (secondary N) is 1. The molecule has 3 rings (SSSR count). The maximum absolute atomic E-state index is 5.55. The molecular formula is C17H21NO. The molecule has 1 aliphatic heterocycles. The Hall–Kier alpha value is -1.38. The van der Waals surface area contributed by atoms with Crippen molar-refractivity contribution in [3.8, 4) is 0 Å². The van der Waals surface area contributed by atoms with E-state index in [-0.39, 0.29) is 5.41 Å². The number of ether oxygens (including phenoxy) is 1. The number of benzene rings is 2. The number of fused-ring (bicyclic) bond motifs is 1. The minimum atomic E-state index is 0.234. The van der Waals surface area contributed by atoms with Crippen molar-refractivity contribution >= 4 is 10.8 Å². The fourth-order valence-electron chi connectivity index (χ4n) is 3.07. The first-order valence-electron chi connectivity index (χ1n) is 7.06. The van der Waals surface area contributed by atoms with Gasteiger partial charge in [0.2, 0.25) is 0 Å². The molecule has 1 fully saturated rings. The monoisotopic (exact) mass is 255 g/mol. The third-order valence-electron chi connectivity index (χ3n) is 4.20. The summed E-state index contributed by atoms with van der Waals surface area (Å²) in [5.41, 5.74) is 1.70. The lowest BCUT2D eigenvalue weighted by molar-refractivity contribution is -0.0643. The van der Waals surface area contributed by atoms with Gasteiger partial charge in [-0.3, -0.25) is 0 Å². The van der Waals surface area contributed by atoms with Crippen molar-refractivity contribution in [2.24, 2.45) is 0 Å². The van der Waals surface area contributed by atoms with Crippen molar-refractivity contribution in [3.63, 3.8) is 0 Å². The highest BCUT2D eigenvalue weighted by atomic mass is 16.5. The minimum absolute atomic E-state index is 0.234. The molecule has 1 heterocycles. The van der Waals surface area contributed by atoms with Crippen molar-refractivity contribution < 1.29 is 4.74 Å². The highest BCUT2D eigenvalue weighted by Crippen LogP contribution is 2.40. The van der Waals surface area contributed by atoms with Crippen molar-refractivity contribution in [1.82, 2.24) is 5.32 Å². The van der Waals surface area contributed by atoms with Gasteiger partial charge in [0.15, 0.2) is 0 Å². The first-order valence-corrected chi connectivity index (χ1v) is 7.06. The van der Waals surface area contributed by atoms with E-state index in [1.165, 1.54) is 29.2 Å². The average molecular weight is 255 g/mol. The lowest BCUT2D eigenvalue weighted by atomic mass is 9.73. The maximum Gasteiger partial charge on any atom is 0.0585 e. The van der Waals surface area contributed by atoms with Crippen LogP contribution >= 0.6 is 0 Å². The summed E-state index contributed by atoms with van der Waals surface area (Å²) >= 11 is 0. The Morgan fingerprint density at radius 1 is 1.11 bits per heavy atom. The molecule has 2 heteroatoms. The summed E-state index contributed by atoms with van der Waals surface area (Å²) in [6.45, 7) is 2.81. The average Bonchev–Trinajstić information content (AvgIpc) is 2.42. The van der Waals surface area contributed by atoms with E-state index in [9.17, 15) is 0 Å². The number of rotatable bonds is 5. The van der Waals surface area contributed by atoms with Crippen LogP contribution in [0.15, 0.2) is 42.5 Å². The third-order valence-corrected chi connectivity index (χ3v) is 4.20. The van der Waals surface area contributed by atoms with Gasteiger partial charge in [-0.2, -0.15) is 0 Å². The summed E-state index contributed by atoms with van der Waals surface area (Å²) in [4.78, 5) is 0. The topological polar surface area (TPSA) is 21.3 Å². The zero-order valence-corrected chi connectivity index (χ0v) is 11.5. The number of hydrogen-bond donors (Lipinski definition) is 1. The molecule has 0 amide bonds. The smallest absolute Gasteiger partial charge is 0.0585 e. The molecule has 0 atom stereocenters. The third kappa shape index (κ3) is 2.26. The fraction of sp³-hybridized carbons (Fsp3) is 0.412. The Morgan fingerprint density at radius 3 is 2.63 bits per heavy atom. The SMILES string of the molecule is CNCCCC1(c2cccc3ccccc23)COC1. The molecule has 100 valence electrons. The normalized spacial score (nSPS) is 17.3. The quantitative estimate of drug-likeness (QED) is 0.829. The van der Waals surface area contributed by atoms with Gasteiger partial charge in [-0.15, -0.1) is 0 Å². The van der Waals surface area contributed by atoms with Gasteiger partial charge in [0, 0.05) is 5.41 Å². The van der Waals surface area contributed by atoms with Crippen LogP contribution in [0, 0.1) is 0 Å². The van der Waals surface area contributed by atoms with Gasteiger partial charge in [-0.05, 0) is 42.8 Å². The van der Waals surface area contributed by atoms with Crippen molar-refractivity contribution in [2.75, 3.05) is 26.8 Å². The van der Waals surface area contributed by atoms with Crippen LogP contribution in [0.1, 0.15) is 18.4 Å². The number of hydrogen-bond acceptors (Lipinski definition) is 2. The molecule has 0 saturated carbocycles. The molecule has 2 aromatic carbocycles. The van der Waals surface area contributed by atoms with E-state index in [1.54, 1.807) is 0 Å². The Labute approximate surface area is 114 Å². The first-order chi connectivity index (χ1) is 9.36. The van der Waals surface area contributed by atoms with Crippen molar-refractivity contribution in [3.05, 3.63) is 48.0 Å². The second-order valence-corrected chi connectivity index (χ2v) is 5.51. The Kier molecular flexibility index (Phi) is 3.54. The second-order valence-electron chi connectivity index (χ2n) is 5.51. The molecule has 0 aliphatic carbocycles. The first kappa shape index (κ1) is 12.6. The molecule has 1 saturated heterocycles. The van der Waals surface area contributed by atoms with E-state index < -0.39 is 0 Å². The molecule has 1 N–H and O–H groups in total. The molecule has 1 aliphatic rings. The van der Waals surface area contributed by atoms with Gasteiger partial charge >= 0.3 is 0 Å².